The molecule has 1 fully saturated rings. The van der Waals surface area contributed by atoms with Gasteiger partial charge in [0.15, 0.2) is 0 Å². The zero-order valence-corrected chi connectivity index (χ0v) is 15.3. The van der Waals surface area contributed by atoms with Crippen molar-refractivity contribution in [3.8, 4) is 0 Å². The summed E-state index contributed by atoms with van der Waals surface area (Å²) in [4.78, 5) is 12.2. The van der Waals surface area contributed by atoms with E-state index in [0.29, 0.717) is 0 Å². The van der Waals surface area contributed by atoms with Crippen LogP contribution >= 0.6 is 0 Å². The van der Waals surface area contributed by atoms with E-state index in [4.69, 9.17) is 0 Å². The average Bonchev–Trinajstić information content (AvgIpc) is 2.50. The van der Waals surface area contributed by atoms with Crippen molar-refractivity contribution in [2.75, 3.05) is 0 Å². The van der Waals surface area contributed by atoms with E-state index in [-0.39, 0.29) is 16.2 Å². The molecule has 0 aliphatic heterocycles. The third-order valence-electron chi connectivity index (χ3n) is 8.34. The van der Waals surface area contributed by atoms with Gasteiger partial charge in [-0.25, -0.2) is 0 Å². The molecule has 3 rings (SSSR count). The summed E-state index contributed by atoms with van der Waals surface area (Å²) < 4.78 is 0. The molecule has 2 heteroatoms. The van der Waals surface area contributed by atoms with Crippen molar-refractivity contribution in [2.45, 2.75) is 79.1 Å². The first kappa shape index (κ1) is 16.8. The molecule has 0 unspecified atom stereocenters. The van der Waals surface area contributed by atoms with E-state index < -0.39 is 11.4 Å². The molecule has 3 aliphatic carbocycles. The van der Waals surface area contributed by atoms with E-state index in [1.807, 2.05) is 6.92 Å². The zero-order valence-electron chi connectivity index (χ0n) is 15.3. The Kier molecular flexibility index (Phi) is 3.63. The van der Waals surface area contributed by atoms with Crippen LogP contribution in [-0.4, -0.2) is 11.1 Å². The Morgan fingerprint density at radius 2 is 1.78 bits per heavy atom. The topological polar surface area (TPSA) is 37.3 Å². The monoisotopic (exact) mass is 316 g/mol. The highest BCUT2D eigenvalue weighted by molar-refractivity contribution is 5.76. The Bertz CT molecular complexity index is 589. The number of fused-ring (bicyclic) bond motifs is 2. The fraction of sp³-hybridized carbons (Fsp3) is 0.762. The molecule has 0 radical (unpaired) electrons. The fourth-order valence-electron chi connectivity index (χ4n) is 6.09. The van der Waals surface area contributed by atoms with Gasteiger partial charge >= 0.3 is 5.97 Å². The minimum atomic E-state index is -0.599. The molecule has 0 saturated heterocycles. The van der Waals surface area contributed by atoms with Crippen LogP contribution in [0.4, 0.5) is 0 Å². The Hall–Kier alpha value is -1.05. The highest BCUT2D eigenvalue weighted by atomic mass is 16.4. The van der Waals surface area contributed by atoms with Gasteiger partial charge in [-0.3, -0.25) is 4.79 Å². The largest absolute Gasteiger partial charge is 0.481 e. The Balaban J connectivity index is 2.09. The summed E-state index contributed by atoms with van der Waals surface area (Å²) in [6.07, 6.45) is 10.6. The van der Waals surface area contributed by atoms with Crippen LogP contribution < -0.4 is 0 Å². The molecule has 0 spiro atoms. The fourth-order valence-corrected chi connectivity index (χ4v) is 6.09. The van der Waals surface area contributed by atoms with Crippen LogP contribution in [0.3, 0.4) is 0 Å². The normalized spacial score (nSPS) is 46.8. The molecule has 0 aromatic carbocycles. The van der Waals surface area contributed by atoms with Crippen molar-refractivity contribution in [3.63, 3.8) is 0 Å². The summed E-state index contributed by atoms with van der Waals surface area (Å²) in [5, 5.41) is 10.0. The van der Waals surface area contributed by atoms with Gasteiger partial charge in [0.2, 0.25) is 0 Å². The predicted octanol–water partition coefficient (Wildman–Crippen LogP) is 5.74. The van der Waals surface area contributed by atoms with Crippen molar-refractivity contribution in [3.05, 3.63) is 23.8 Å². The Morgan fingerprint density at radius 1 is 1.09 bits per heavy atom. The van der Waals surface area contributed by atoms with Gasteiger partial charge in [0.05, 0.1) is 5.41 Å². The van der Waals surface area contributed by atoms with E-state index in [1.165, 1.54) is 0 Å². The van der Waals surface area contributed by atoms with Gasteiger partial charge in [-0.2, -0.15) is 0 Å². The summed E-state index contributed by atoms with van der Waals surface area (Å²) in [7, 11) is 0. The number of aliphatic carboxylic acids is 1. The summed E-state index contributed by atoms with van der Waals surface area (Å²) in [6.45, 7) is 13.0. The summed E-state index contributed by atoms with van der Waals surface area (Å²) in [5.74, 6) is -0.596. The third kappa shape index (κ3) is 2.03. The first-order chi connectivity index (χ1) is 10.6. The maximum absolute atomic E-state index is 12.2. The average molecular weight is 316 g/mol. The highest BCUT2D eigenvalue weighted by Gasteiger charge is 2.63. The molecule has 1 saturated carbocycles. The van der Waals surface area contributed by atoms with E-state index in [2.05, 4.69) is 33.4 Å². The van der Waals surface area contributed by atoms with Crippen LogP contribution in [0.1, 0.15) is 79.1 Å². The summed E-state index contributed by atoms with van der Waals surface area (Å²) >= 11 is 0. The summed E-state index contributed by atoms with van der Waals surface area (Å²) in [6, 6.07) is 0. The van der Waals surface area contributed by atoms with Gasteiger partial charge in [0, 0.05) is 0 Å². The molecule has 128 valence electrons. The second-order valence-electron chi connectivity index (χ2n) is 9.27. The van der Waals surface area contributed by atoms with E-state index in [0.717, 1.165) is 51.4 Å². The first-order valence-corrected chi connectivity index (χ1v) is 9.20. The lowest BCUT2D eigenvalue weighted by Gasteiger charge is -2.63. The van der Waals surface area contributed by atoms with Gasteiger partial charge < -0.3 is 5.11 Å². The van der Waals surface area contributed by atoms with Crippen molar-refractivity contribution >= 4 is 5.97 Å². The van der Waals surface area contributed by atoms with Crippen molar-refractivity contribution in [1.29, 1.82) is 0 Å². The van der Waals surface area contributed by atoms with Crippen LogP contribution in [0.2, 0.25) is 0 Å². The third-order valence-corrected chi connectivity index (χ3v) is 8.34. The van der Waals surface area contributed by atoms with Crippen LogP contribution in [0, 0.1) is 21.7 Å². The van der Waals surface area contributed by atoms with E-state index in [1.54, 1.807) is 11.1 Å². The van der Waals surface area contributed by atoms with E-state index >= 15 is 0 Å². The molecule has 0 heterocycles. The van der Waals surface area contributed by atoms with Gasteiger partial charge in [-0.05, 0) is 68.1 Å². The first-order valence-electron chi connectivity index (χ1n) is 9.20. The maximum atomic E-state index is 12.2. The molecule has 23 heavy (non-hydrogen) atoms. The molecular weight excluding hydrogens is 284 g/mol. The smallest absolute Gasteiger partial charge is 0.309 e. The SMILES string of the molecule is C=C[C@@]1(C)CCC2=C(CC[C@@]3(C)[C@](C)(C(=O)O)CCC[C@]23C)C1. The number of allylic oxidation sites excluding steroid dienone is 3. The predicted molar refractivity (Wildman–Crippen MR) is 94.2 cm³/mol. The molecule has 4 atom stereocenters. The standard InChI is InChI=1S/C21H32O2/c1-6-18(2)12-9-16-15(14-18)8-13-21(5)19(16,3)10-7-11-20(21,4)17(22)23/h6H,1,7-14H2,2-5H3,(H,22,23)/t18-,19+,20-,21+/m0/s1. The van der Waals surface area contributed by atoms with Gasteiger partial charge in [0.1, 0.15) is 0 Å². The van der Waals surface area contributed by atoms with Crippen molar-refractivity contribution in [2.24, 2.45) is 21.7 Å². The molecule has 3 aliphatic rings. The van der Waals surface area contributed by atoms with Crippen LogP contribution in [-0.2, 0) is 4.79 Å². The molecule has 0 aromatic heterocycles. The second kappa shape index (κ2) is 4.97. The Morgan fingerprint density at radius 3 is 2.39 bits per heavy atom. The number of rotatable bonds is 2. The van der Waals surface area contributed by atoms with Crippen molar-refractivity contribution in [1.82, 2.24) is 0 Å². The molecular formula is C21H32O2. The number of carbonyl (C=O) groups is 1. The lowest BCUT2D eigenvalue weighted by molar-refractivity contribution is -0.173. The number of carboxylic acid groups (broad SMARTS) is 1. The van der Waals surface area contributed by atoms with Gasteiger partial charge in [0.25, 0.3) is 0 Å². The Labute approximate surface area is 141 Å². The molecule has 0 amide bonds. The van der Waals surface area contributed by atoms with Gasteiger partial charge in [-0.15, -0.1) is 6.58 Å². The van der Waals surface area contributed by atoms with Crippen LogP contribution in [0.25, 0.3) is 0 Å². The number of carboxylic acids is 1. The maximum Gasteiger partial charge on any atom is 0.309 e. The minimum absolute atomic E-state index is 0.0501. The molecule has 0 aromatic rings. The van der Waals surface area contributed by atoms with Crippen molar-refractivity contribution < 1.29 is 9.90 Å². The lowest BCUT2D eigenvalue weighted by atomic mass is 9.40. The molecule has 2 nitrogen and oxygen atoms in total. The quantitative estimate of drug-likeness (QED) is 0.659. The summed E-state index contributed by atoms with van der Waals surface area (Å²) in [5.41, 5.74) is 2.77. The minimum Gasteiger partial charge on any atom is -0.481 e. The molecule has 0 bridgehead atoms. The zero-order chi connectivity index (χ0) is 17.1. The number of hydrogen-bond donors (Lipinski definition) is 1. The van der Waals surface area contributed by atoms with Crippen LogP contribution in [0.15, 0.2) is 23.8 Å². The number of hydrogen-bond acceptors (Lipinski definition) is 1. The second-order valence-corrected chi connectivity index (χ2v) is 9.27. The van der Waals surface area contributed by atoms with Crippen LogP contribution in [0.5, 0.6) is 0 Å². The van der Waals surface area contributed by atoms with E-state index in [9.17, 15) is 9.90 Å². The lowest BCUT2D eigenvalue weighted by Crippen LogP contribution is -2.58. The van der Waals surface area contributed by atoms with Gasteiger partial charge in [-0.1, -0.05) is 44.4 Å². The highest BCUT2D eigenvalue weighted by Crippen LogP contribution is 2.69. The molecule has 1 N–H and O–H groups in total.